The van der Waals surface area contributed by atoms with Crippen molar-refractivity contribution in [3.05, 3.63) is 29.8 Å². The normalized spacial score (nSPS) is 23.9. The van der Waals surface area contributed by atoms with Gasteiger partial charge >= 0.3 is 6.09 Å². The summed E-state index contributed by atoms with van der Waals surface area (Å²) in [5.41, 5.74) is 1.46. The Balaban J connectivity index is 2.37. The third kappa shape index (κ3) is 2.13. The van der Waals surface area contributed by atoms with Crippen molar-refractivity contribution >= 4 is 11.8 Å². The van der Waals surface area contributed by atoms with Gasteiger partial charge in [-0.3, -0.25) is 4.90 Å². The summed E-state index contributed by atoms with van der Waals surface area (Å²) >= 11 is 0. The number of carbonyl (C=O) groups is 1. The van der Waals surface area contributed by atoms with Crippen molar-refractivity contribution in [3.8, 4) is 0 Å². The van der Waals surface area contributed by atoms with Crippen molar-refractivity contribution < 1.29 is 14.6 Å². The van der Waals surface area contributed by atoms with Crippen LogP contribution in [0.2, 0.25) is 0 Å². The number of anilines is 1. The molecule has 1 aliphatic heterocycles. The molecule has 2 rings (SSSR count). The molecule has 1 unspecified atom stereocenters. The molecule has 1 aromatic rings. The number of ether oxygens (including phenoxy) is 1. The Hall–Kier alpha value is -1.55. The first-order valence-corrected chi connectivity index (χ1v) is 5.71. The highest BCUT2D eigenvalue weighted by Gasteiger charge is 2.44. The lowest BCUT2D eigenvalue weighted by Crippen LogP contribution is -2.45. The third-order valence-electron chi connectivity index (χ3n) is 3.14. The largest absolute Gasteiger partial charge is 0.447 e. The van der Waals surface area contributed by atoms with Crippen LogP contribution >= 0.6 is 0 Å². The van der Waals surface area contributed by atoms with Crippen LogP contribution in [-0.2, 0) is 4.74 Å². The van der Waals surface area contributed by atoms with Gasteiger partial charge < -0.3 is 9.84 Å². The molecule has 1 heterocycles. The number of aryl methyl sites for hydroxylation is 1. The lowest BCUT2D eigenvalue weighted by atomic mass is 9.97. The Morgan fingerprint density at radius 3 is 2.94 bits per heavy atom. The van der Waals surface area contributed by atoms with Crippen LogP contribution in [0.3, 0.4) is 0 Å². The van der Waals surface area contributed by atoms with E-state index in [1.54, 1.807) is 4.90 Å². The summed E-state index contributed by atoms with van der Waals surface area (Å²) in [5.74, 6) is 0. The maximum atomic E-state index is 11.8. The number of hydrogen-bond donors (Lipinski definition) is 1. The van der Waals surface area contributed by atoms with Crippen LogP contribution in [0.25, 0.3) is 0 Å². The van der Waals surface area contributed by atoms with Crippen LogP contribution in [0.5, 0.6) is 0 Å². The fourth-order valence-electron chi connectivity index (χ4n) is 2.18. The lowest BCUT2D eigenvalue weighted by molar-refractivity contribution is 0.167. The molecule has 92 valence electrons. The minimum atomic E-state index is -0.459. The Labute approximate surface area is 101 Å². The highest BCUT2D eigenvalue weighted by atomic mass is 16.6. The Bertz CT molecular complexity index is 432. The topological polar surface area (TPSA) is 49.8 Å². The van der Waals surface area contributed by atoms with E-state index in [1.165, 1.54) is 0 Å². The number of carbonyl (C=O) groups excluding carboxylic acids is 1. The quantitative estimate of drug-likeness (QED) is 0.872. The Morgan fingerprint density at radius 2 is 2.29 bits per heavy atom. The first kappa shape index (κ1) is 11.9. The third-order valence-corrected chi connectivity index (χ3v) is 3.14. The molecule has 1 atom stereocenters. The average molecular weight is 235 g/mol. The van der Waals surface area contributed by atoms with Gasteiger partial charge in [0.25, 0.3) is 0 Å². The SMILES string of the molecule is Cc1cccc(N2C(=O)OCC2(C)CCO)c1. The zero-order valence-corrected chi connectivity index (χ0v) is 10.1. The van der Waals surface area contributed by atoms with E-state index in [0.717, 1.165) is 11.3 Å². The molecular formula is C13H17NO3. The molecule has 1 aromatic carbocycles. The summed E-state index contributed by atoms with van der Waals surface area (Å²) < 4.78 is 5.10. The number of aliphatic hydroxyl groups is 1. The summed E-state index contributed by atoms with van der Waals surface area (Å²) in [5, 5.41) is 9.10. The monoisotopic (exact) mass is 235 g/mol. The minimum absolute atomic E-state index is 0.0372. The highest BCUT2D eigenvalue weighted by Crippen LogP contribution is 2.33. The van der Waals surface area contributed by atoms with Gasteiger partial charge in [0.15, 0.2) is 0 Å². The van der Waals surface area contributed by atoms with Gasteiger partial charge in [-0.05, 0) is 38.0 Å². The van der Waals surface area contributed by atoms with Crippen LogP contribution in [0, 0.1) is 6.92 Å². The number of aliphatic hydroxyl groups excluding tert-OH is 1. The molecule has 17 heavy (non-hydrogen) atoms. The van der Waals surface area contributed by atoms with E-state index in [1.807, 2.05) is 38.1 Å². The number of benzene rings is 1. The summed E-state index contributed by atoms with van der Waals surface area (Å²) in [6.45, 7) is 4.26. The molecule has 1 saturated heterocycles. The van der Waals surface area contributed by atoms with Gasteiger partial charge in [-0.25, -0.2) is 4.79 Å². The average Bonchev–Trinajstić information content (AvgIpc) is 2.55. The number of amides is 1. The fraction of sp³-hybridized carbons (Fsp3) is 0.462. The van der Waals surface area contributed by atoms with Gasteiger partial charge in [-0.1, -0.05) is 12.1 Å². The zero-order valence-electron chi connectivity index (χ0n) is 10.1. The van der Waals surface area contributed by atoms with Gasteiger partial charge in [-0.15, -0.1) is 0 Å². The molecule has 0 bridgehead atoms. The number of nitrogens with zero attached hydrogens (tertiary/aromatic N) is 1. The standard InChI is InChI=1S/C13H17NO3/c1-10-4-3-5-11(8-10)14-12(16)17-9-13(14,2)6-7-15/h3-5,8,15H,6-7,9H2,1-2H3. The number of hydrogen-bond acceptors (Lipinski definition) is 3. The second kappa shape index (κ2) is 4.37. The second-order valence-corrected chi connectivity index (χ2v) is 4.70. The van der Waals surface area contributed by atoms with Gasteiger partial charge in [0.05, 0.1) is 5.54 Å². The first-order valence-electron chi connectivity index (χ1n) is 5.71. The fourth-order valence-corrected chi connectivity index (χ4v) is 2.18. The van der Waals surface area contributed by atoms with Gasteiger partial charge in [0.2, 0.25) is 0 Å². The van der Waals surface area contributed by atoms with Crippen molar-refractivity contribution in [1.29, 1.82) is 0 Å². The molecule has 0 aromatic heterocycles. The van der Waals surface area contributed by atoms with Crippen molar-refractivity contribution in [2.45, 2.75) is 25.8 Å². The Kier molecular flexibility index (Phi) is 3.07. The van der Waals surface area contributed by atoms with Crippen LogP contribution in [0.4, 0.5) is 10.5 Å². The molecule has 0 radical (unpaired) electrons. The van der Waals surface area contributed by atoms with Crippen molar-refractivity contribution in [3.63, 3.8) is 0 Å². The van der Waals surface area contributed by atoms with Gasteiger partial charge in [-0.2, -0.15) is 0 Å². The van der Waals surface area contributed by atoms with Crippen LogP contribution in [0.1, 0.15) is 18.9 Å². The summed E-state index contributed by atoms with van der Waals surface area (Å²) in [7, 11) is 0. The van der Waals surface area contributed by atoms with Crippen molar-refractivity contribution in [1.82, 2.24) is 0 Å². The van der Waals surface area contributed by atoms with E-state index in [-0.39, 0.29) is 12.7 Å². The molecule has 0 aliphatic carbocycles. The molecule has 1 N–H and O–H groups in total. The number of rotatable bonds is 3. The second-order valence-electron chi connectivity index (χ2n) is 4.70. The molecule has 4 heteroatoms. The van der Waals surface area contributed by atoms with E-state index in [2.05, 4.69) is 0 Å². The van der Waals surface area contributed by atoms with Crippen LogP contribution in [0.15, 0.2) is 24.3 Å². The highest BCUT2D eigenvalue weighted by molar-refractivity contribution is 5.91. The molecule has 0 spiro atoms. The van der Waals surface area contributed by atoms with Gasteiger partial charge in [0, 0.05) is 12.3 Å². The molecule has 0 saturated carbocycles. The summed E-state index contributed by atoms with van der Waals surface area (Å²) in [4.78, 5) is 13.4. The summed E-state index contributed by atoms with van der Waals surface area (Å²) in [6.07, 6.45) is 0.165. The van der Waals surface area contributed by atoms with E-state index < -0.39 is 5.54 Å². The van der Waals surface area contributed by atoms with E-state index >= 15 is 0 Å². The first-order chi connectivity index (χ1) is 8.07. The molecular weight excluding hydrogens is 218 g/mol. The molecule has 1 aliphatic rings. The maximum absolute atomic E-state index is 11.8. The molecule has 1 amide bonds. The summed E-state index contributed by atoms with van der Waals surface area (Å²) in [6, 6.07) is 7.72. The van der Waals surface area contributed by atoms with Crippen LogP contribution in [-0.4, -0.2) is 30.0 Å². The van der Waals surface area contributed by atoms with E-state index in [9.17, 15) is 4.79 Å². The smallest absolute Gasteiger partial charge is 0.415 e. The van der Waals surface area contributed by atoms with Crippen LogP contribution < -0.4 is 4.90 Å². The predicted octanol–water partition coefficient (Wildman–Crippen LogP) is 2.09. The predicted molar refractivity (Wildman–Crippen MR) is 65.1 cm³/mol. The van der Waals surface area contributed by atoms with Crippen molar-refractivity contribution in [2.75, 3.05) is 18.1 Å². The molecule has 1 fully saturated rings. The maximum Gasteiger partial charge on any atom is 0.415 e. The van der Waals surface area contributed by atoms with E-state index in [0.29, 0.717) is 13.0 Å². The Morgan fingerprint density at radius 1 is 1.53 bits per heavy atom. The zero-order chi connectivity index (χ0) is 12.5. The van der Waals surface area contributed by atoms with E-state index in [4.69, 9.17) is 9.84 Å². The minimum Gasteiger partial charge on any atom is -0.447 e. The lowest BCUT2D eigenvalue weighted by Gasteiger charge is -2.31. The van der Waals surface area contributed by atoms with Crippen molar-refractivity contribution in [2.24, 2.45) is 0 Å². The number of cyclic esters (lactones) is 1. The van der Waals surface area contributed by atoms with Gasteiger partial charge in [0.1, 0.15) is 6.61 Å². The molecule has 4 nitrogen and oxygen atoms in total.